The molecule has 0 fully saturated rings. The maximum absolute atomic E-state index is 11.3. The summed E-state index contributed by atoms with van der Waals surface area (Å²) in [4.78, 5) is 15.4. The van der Waals surface area contributed by atoms with Gasteiger partial charge in [-0.3, -0.25) is 0 Å². The average molecular weight is 247 g/mol. The Morgan fingerprint density at radius 1 is 1.22 bits per heavy atom. The Hall–Kier alpha value is -2.10. The Balaban J connectivity index is 0.000000771. The van der Waals surface area contributed by atoms with Crippen molar-refractivity contribution in [3.63, 3.8) is 0 Å². The smallest absolute Gasteiger partial charge is 0.356 e. The standard InChI is InChI=1S/C12H11NO3.C2H6/c1-7-3-6-10(14)11-8(7)4-5-9(13-11)12(15)16-2;1-2/h3-6,14H,1-2H3;1-2H3. The van der Waals surface area contributed by atoms with E-state index in [4.69, 9.17) is 0 Å². The van der Waals surface area contributed by atoms with Crippen LogP contribution in [0.2, 0.25) is 0 Å². The zero-order valence-electron chi connectivity index (χ0n) is 11.0. The summed E-state index contributed by atoms with van der Waals surface area (Å²) >= 11 is 0. The Labute approximate surface area is 106 Å². The van der Waals surface area contributed by atoms with Crippen molar-refractivity contribution < 1.29 is 14.6 Å². The molecule has 2 rings (SSSR count). The first-order valence-electron chi connectivity index (χ1n) is 5.81. The summed E-state index contributed by atoms with van der Waals surface area (Å²) in [5.41, 5.74) is 1.61. The van der Waals surface area contributed by atoms with Crippen LogP contribution in [0.4, 0.5) is 0 Å². The van der Waals surface area contributed by atoms with Crippen LogP contribution in [0.25, 0.3) is 10.9 Å². The van der Waals surface area contributed by atoms with Gasteiger partial charge < -0.3 is 9.84 Å². The van der Waals surface area contributed by atoms with Crippen LogP contribution in [0.3, 0.4) is 0 Å². The second kappa shape index (κ2) is 6.00. The van der Waals surface area contributed by atoms with E-state index in [9.17, 15) is 9.90 Å². The average Bonchev–Trinajstić information content (AvgIpc) is 2.44. The number of ether oxygens (including phenoxy) is 1. The van der Waals surface area contributed by atoms with Gasteiger partial charge in [-0.1, -0.05) is 19.9 Å². The van der Waals surface area contributed by atoms with Gasteiger partial charge in [0, 0.05) is 5.39 Å². The summed E-state index contributed by atoms with van der Waals surface area (Å²) in [6.07, 6.45) is 0. The molecule has 0 atom stereocenters. The van der Waals surface area contributed by atoms with Crippen LogP contribution in [0.15, 0.2) is 24.3 Å². The fourth-order valence-electron chi connectivity index (χ4n) is 1.56. The van der Waals surface area contributed by atoms with Gasteiger partial charge in [0.25, 0.3) is 0 Å². The number of carbonyl (C=O) groups excluding carboxylic acids is 1. The van der Waals surface area contributed by atoms with E-state index in [1.165, 1.54) is 7.11 Å². The Morgan fingerprint density at radius 3 is 2.50 bits per heavy atom. The quantitative estimate of drug-likeness (QED) is 0.787. The van der Waals surface area contributed by atoms with E-state index < -0.39 is 5.97 Å². The molecule has 0 amide bonds. The third-order valence-electron chi connectivity index (χ3n) is 2.45. The molecule has 4 nitrogen and oxygen atoms in total. The number of phenolic OH excluding ortho intramolecular Hbond substituents is 1. The van der Waals surface area contributed by atoms with Gasteiger partial charge in [0.1, 0.15) is 17.0 Å². The number of benzene rings is 1. The lowest BCUT2D eigenvalue weighted by Gasteiger charge is -2.05. The minimum absolute atomic E-state index is 0.0614. The number of phenols is 1. The van der Waals surface area contributed by atoms with E-state index in [-0.39, 0.29) is 11.4 Å². The van der Waals surface area contributed by atoms with Crippen LogP contribution >= 0.6 is 0 Å². The van der Waals surface area contributed by atoms with Crippen molar-refractivity contribution in [1.82, 2.24) is 4.98 Å². The Morgan fingerprint density at radius 2 is 1.89 bits per heavy atom. The van der Waals surface area contributed by atoms with E-state index in [1.807, 2.05) is 20.8 Å². The fraction of sp³-hybridized carbons (Fsp3) is 0.286. The van der Waals surface area contributed by atoms with Gasteiger partial charge in [0.15, 0.2) is 0 Å². The first-order valence-corrected chi connectivity index (χ1v) is 5.81. The number of esters is 1. The van der Waals surface area contributed by atoms with Crippen LogP contribution < -0.4 is 0 Å². The number of fused-ring (bicyclic) bond motifs is 1. The molecular weight excluding hydrogens is 230 g/mol. The fourth-order valence-corrected chi connectivity index (χ4v) is 1.56. The van der Waals surface area contributed by atoms with Gasteiger partial charge in [0.2, 0.25) is 0 Å². The number of aromatic nitrogens is 1. The van der Waals surface area contributed by atoms with Crippen molar-refractivity contribution in [1.29, 1.82) is 0 Å². The first kappa shape index (κ1) is 14.0. The molecule has 1 N–H and O–H groups in total. The van der Waals surface area contributed by atoms with Crippen molar-refractivity contribution in [2.45, 2.75) is 20.8 Å². The second-order valence-corrected chi connectivity index (χ2v) is 3.49. The zero-order valence-corrected chi connectivity index (χ0v) is 11.0. The van der Waals surface area contributed by atoms with Crippen LogP contribution in [0.1, 0.15) is 29.9 Å². The predicted molar refractivity (Wildman–Crippen MR) is 70.8 cm³/mol. The summed E-state index contributed by atoms with van der Waals surface area (Å²) < 4.78 is 4.57. The van der Waals surface area contributed by atoms with Crippen LogP contribution in [-0.4, -0.2) is 23.2 Å². The summed E-state index contributed by atoms with van der Waals surface area (Å²) in [7, 11) is 1.30. The third-order valence-corrected chi connectivity index (χ3v) is 2.45. The molecule has 0 spiro atoms. The molecule has 0 saturated carbocycles. The summed E-state index contributed by atoms with van der Waals surface area (Å²) in [5.74, 6) is -0.450. The molecule has 1 heterocycles. The number of aromatic hydroxyl groups is 1. The van der Waals surface area contributed by atoms with E-state index in [0.29, 0.717) is 5.52 Å². The van der Waals surface area contributed by atoms with E-state index >= 15 is 0 Å². The molecule has 2 aromatic rings. The SMILES string of the molecule is CC.COC(=O)c1ccc2c(C)ccc(O)c2n1. The molecule has 1 aromatic heterocycles. The molecule has 0 unspecified atom stereocenters. The number of methoxy groups -OCH3 is 1. The van der Waals surface area contributed by atoms with Crippen LogP contribution in [0, 0.1) is 6.92 Å². The highest BCUT2D eigenvalue weighted by Gasteiger charge is 2.10. The highest BCUT2D eigenvalue weighted by atomic mass is 16.5. The van der Waals surface area contributed by atoms with E-state index in [1.54, 1.807) is 24.3 Å². The van der Waals surface area contributed by atoms with Gasteiger partial charge in [-0.05, 0) is 30.7 Å². The van der Waals surface area contributed by atoms with Gasteiger partial charge >= 0.3 is 5.97 Å². The molecule has 18 heavy (non-hydrogen) atoms. The molecule has 0 aliphatic rings. The summed E-state index contributed by atoms with van der Waals surface area (Å²) in [6, 6.07) is 6.70. The van der Waals surface area contributed by atoms with Gasteiger partial charge in [-0.15, -0.1) is 0 Å². The highest BCUT2D eigenvalue weighted by molar-refractivity contribution is 5.93. The molecule has 4 heteroatoms. The molecule has 0 aliphatic heterocycles. The Kier molecular flexibility index (Phi) is 4.66. The monoisotopic (exact) mass is 247 g/mol. The van der Waals surface area contributed by atoms with Crippen molar-refractivity contribution in [2.75, 3.05) is 7.11 Å². The number of aryl methyl sites for hydroxylation is 1. The molecule has 0 saturated heterocycles. The maximum Gasteiger partial charge on any atom is 0.356 e. The van der Waals surface area contributed by atoms with Crippen molar-refractivity contribution in [3.8, 4) is 5.75 Å². The number of pyridine rings is 1. The molecule has 0 aliphatic carbocycles. The normalized spacial score (nSPS) is 9.56. The van der Waals surface area contributed by atoms with Crippen LogP contribution in [0.5, 0.6) is 5.75 Å². The number of nitrogens with zero attached hydrogens (tertiary/aromatic N) is 1. The van der Waals surface area contributed by atoms with E-state index in [0.717, 1.165) is 10.9 Å². The van der Waals surface area contributed by atoms with Gasteiger partial charge in [0.05, 0.1) is 7.11 Å². The predicted octanol–water partition coefficient (Wildman–Crippen LogP) is 3.06. The number of hydrogen-bond acceptors (Lipinski definition) is 4. The van der Waals surface area contributed by atoms with E-state index in [2.05, 4.69) is 9.72 Å². The highest BCUT2D eigenvalue weighted by Crippen LogP contribution is 2.25. The summed E-state index contributed by atoms with van der Waals surface area (Å²) in [5, 5.41) is 10.5. The lowest BCUT2D eigenvalue weighted by Crippen LogP contribution is -2.04. The number of hydrogen-bond donors (Lipinski definition) is 1. The lowest BCUT2D eigenvalue weighted by atomic mass is 10.1. The lowest BCUT2D eigenvalue weighted by molar-refractivity contribution is 0.0594. The third kappa shape index (κ3) is 2.59. The number of carbonyl (C=O) groups is 1. The second-order valence-electron chi connectivity index (χ2n) is 3.49. The van der Waals surface area contributed by atoms with Crippen molar-refractivity contribution >= 4 is 16.9 Å². The van der Waals surface area contributed by atoms with Gasteiger partial charge in [-0.2, -0.15) is 0 Å². The molecular formula is C14H17NO3. The first-order chi connectivity index (χ1) is 8.63. The minimum Gasteiger partial charge on any atom is -0.506 e. The molecule has 0 bridgehead atoms. The largest absolute Gasteiger partial charge is 0.506 e. The minimum atomic E-state index is -0.511. The topological polar surface area (TPSA) is 59.4 Å². The Bertz CT molecular complexity index is 564. The van der Waals surface area contributed by atoms with Crippen molar-refractivity contribution in [2.24, 2.45) is 0 Å². The molecule has 0 radical (unpaired) electrons. The summed E-state index contributed by atoms with van der Waals surface area (Å²) in [6.45, 7) is 5.92. The number of rotatable bonds is 1. The molecule has 96 valence electrons. The maximum atomic E-state index is 11.3. The van der Waals surface area contributed by atoms with Crippen molar-refractivity contribution in [3.05, 3.63) is 35.5 Å². The zero-order chi connectivity index (χ0) is 13.7. The van der Waals surface area contributed by atoms with Gasteiger partial charge in [-0.25, -0.2) is 9.78 Å². The molecule has 1 aromatic carbocycles. The van der Waals surface area contributed by atoms with Crippen LogP contribution in [-0.2, 0) is 4.74 Å².